The number of ketones is 1. The Morgan fingerprint density at radius 1 is 1.38 bits per heavy atom. The normalized spacial score (nSPS) is 10.4. The average molecular weight is 439 g/mol. The van der Waals surface area contributed by atoms with Crippen molar-refractivity contribution >= 4 is 51.0 Å². The second-order valence-electron chi connectivity index (χ2n) is 3.16. The number of aromatic nitrogens is 3. The van der Waals surface area contributed by atoms with E-state index < -0.39 is 0 Å². The number of carbonyl (C=O) groups excluding carboxylic acids is 1. The molecule has 2 aromatic rings. The van der Waals surface area contributed by atoms with Crippen molar-refractivity contribution in [3.63, 3.8) is 0 Å². The van der Waals surface area contributed by atoms with Gasteiger partial charge in [0.1, 0.15) is 19.5 Å². The fourth-order valence-electron chi connectivity index (χ4n) is 1.24. The van der Waals surface area contributed by atoms with Crippen LogP contribution in [0, 0.1) is 7.40 Å². The molecular formula is C10H7I2N3O. The van der Waals surface area contributed by atoms with Gasteiger partial charge in [-0.3, -0.25) is 9.36 Å². The Morgan fingerprint density at radius 3 is 2.69 bits per heavy atom. The molecule has 0 unspecified atom stereocenters. The van der Waals surface area contributed by atoms with E-state index >= 15 is 0 Å². The average Bonchev–Trinajstić information content (AvgIpc) is 2.60. The van der Waals surface area contributed by atoms with Gasteiger partial charge in [0.05, 0.1) is 0 Å². The molecule has 0 amide bonds. The Labute approximate surface area is 120 Å². The Bertz CT molecular complexity index is 551. The summed E-state index contributed by atoms with van der Waals surface area (Å²) < 4.78 is 3.77. The van der Waals surface area contributed by atoms with Crippen molar-refractivity contribution in [3.8, 4) is 5.82 Å². The van der Waals surface area contributed by atoms with Gasteiger partial charge in [-0.05, 0) is 64.2 Å². The van der Waals surface area contributed by atoms with Crippen LogP contribution in [0.4, 0.5) is 0 Å². The van der Waals surface area contributed by atoms with Crippen LogP contribution in [0.3, 0.4) is 0 Å². The summed E-state index contributed by atoms with van der Waals surface area (Å²) in [5, 5.41) is 0. The first-order valence-corrected chi connectivity index (χ1v) is 6.61. The summed E-state index contributed by atoms with van der Waals surface area (Å²) >= 11 is 4.36. The van der Waals surface area contributed by atoms with E-state index in [1.165, 1.54) is 0 Å². The third kappa shape index (κ3) is 2.26. The summed E-state index contributed by atoms with van der Waals surface area (Å²) in [7, 11) is 0. The summed E-state index contributed by atoms with van der Waals surface area (Å²) in [4.78, 5) is 19.7. The molecule has 0 saturated carbocycles. The molecule has 2 aromatic heterocycles. The standard InChI is InChI=1S/C10H7I2N3O/c1-6(16)7-2-3-13-8(4-7)15-5-14-9(11)10(15)12/h2-5H,1H3. The fraction of sp³-hybridized carbons (Fsp3) is 0.100. The Balaban J connectivity index is 2.52. The van der Waals surface area contributed by atoms with E-state index in [1.54, 1.807) is 31.6 Å². The maximum atomic E-state index is 11.3. The number of imidazole rings is 1. The summed E-state index contributed by atoms with van der Waals surface area (Å²) in [5.41, 5.74) is 0.657. The van der Waals surface area contributed by atoms with Crippen LogP contribution in [0.2, 0.25) is 0 Å². The van der Waals surface area contributed by atoms with Crippen molar-refractivity contribution in [2.45, 2.75) is 6.92 Å². The van der Waals surface area contributed by atoms with Gasteiger partial charge < -0.3 is 0 Å². The first kappa shape index (κ1) is 12.0. The van der Waals surface area contributed by atoms with Crippen molar-refractivity contribution in [1.82, 2.24) is 14.5 Å². The topological polar surface area (TPSA) is 47.8 Å². The highest BCUT2D eigenvalue weighted by Crippen LogP contribution is 2.17. The number of hydrogen-bond acceptors (Lipinski definition) is 3. The fourth-order valence-corrected chi connectivity index (χ4v) is 2.14. The molecule has 0 aliphatic heterocycles. The molecule has 6 heteroatoms. The number of hydrogen-bond donors (Lipinski definition) is 0. The largest absolute Gasteiger partial charge is 0.295 e. The zero-order valence-corrected chi connectivity index (χ0v) is 12.6. The third-order valence-corrected chi connectivity index (χ3v) is 4.92. The highest BCUT2D eigenvalue weighted by molar-refractivity contribution is 14.1. The van der Waals surface area contributed by atoms with Crippen molar-refractivity contribution in [2.24, 2.45) is 0 Å². The molecule has 4 nitrogen and oxygen atoms in total. The molecule has 0 aliphatic rings. The number of Topliss-reactive ketones (excluding diaryl/α,β-unsaturated/α-hetero) is 1. The lowest BCUT2D eigenvalue weighted by Crippen LogP contribution is -2.01. The van der Waals surface area contributed by atoms with Gasteiger partial charge in [-0.2, -0.15) is 0 Å². The summed E-state index contributed by atoms with van der Waals surface area (Å²) in [6, 6.07) is 3.48. The van der Waals surface area contributed by atoms with Gasteiger partial charge in [-0.15, -0.1) is 0 Å². The summed E-state index contributed by atoms with van der Waals surface area (Å²) in [5.74, 6) is 0.751. The van der Waals surface area contributed by atoms with Crippen LogP contribution in [0.5, 0.6) is 0 Å². The van der Waals surface area contributed by atoms with E-state index in [0.29, 0.717) is 11.4 Å². The zero-order valence-electron chi connectivity index (χ0n) is 8.32. The molecule has 0 fully saturated rings. The first-order chi connectivity index (χ1) is 7.59. The minimum Gasteiger partial charge on any atom is -0.295 e. The van der Waals surface area contributed by atoms with E-state index in [1.807, 2.05) is 4.57 Å². The third-order valence-electron chi connectivity index (χ3n) is 2.07. The molecular weight excluding hydrogens is 432 g/mol. The highest BCUT2D eigenvalue weighted by atomic mass is 127. The van der Waals surface area contributed by atoms with Crippen LogP contribution in [0.15, 0.2) is 24.7 Å². The van der Waals surface area contributed by atoms with Crippen LogP contribution >= 0.6 is 45.2 Å². The number of halogens is 2. The van der Waals surface area contributed by atoms with Crippen molar-refractivity contribution in [3.05, 3.63) is 37.6 Å². The minimum atomic E-state index is 0.0356. The molecule has 0 N–H and O–H groups in total. The van der Waals surface area contributed by atoms with Crippen LogP contribution in [-0.4, -0.2) is 20.3 Å². The molecule has 0 aliphatic carbocycles. The van der Waals surface area contributed by atoms with Gasteiger partial charge in [0.2, 0.25) is 0 Å². The highest BCUT2D eigenvalue weighted by Gasteiger charge is 2.09. The molecule has 0 aromatic carbocycles. The van der Waals surface area contributed by atoms with Crippen LogP contribution in [0.25, 0.3) is 5.82 Å². The quantitative estimate of drug-likeness (QED) is 0.535. The number of pyridine rings is 1. The molecule has 2 rings (SSSR count). The number of rotatable bonds is 2. The minimum absolute atomic E-state index is 0.0356. The predicted molar refractivity (Wildman–Crippen MR) is 76.8 cm³/mol. The molecule has 0 bridgehead atoms. The molecule has 82 valence electrons. The van der Waals surface area contributed by atoms with E-state index in [9.17, 15) is 4.79 Å². The maximum Gasteiger partial charge on any atom is 0.159 e. The molecule has 0 saturated heterocycles. The first-order valence-electron chi connectivity index (χ1n) is 4.45. The van der Waals surface area contributed by atoms with Gasteiger partial charge in [0.15, 0.2) is 5.78 Å². The molecule has 0 radical (unpaired) electrons. The Kier molecular flexibility index (Phi) is 3.57. The van der Waals surface area contributed by atoms with Crippen molar-refractivity contribution < 1.29 is 4.79 Å². The second kappa shape index (κ2) is 4.78. The zero-order chi connectivity index (χ0) is 11.7. The maximum absolute atomic E-state index is 11.3. The van der Waals surface area contributed by atoms with Crippen LogP contribution < -0.4 is 0 Å². The smallest absolute Gasteiger partial charge is 0.159 e. The van der Waals surface area contributed by atoms with E-state index in [4.69, 9.17) is 0 Å². The monoisotopic (exact) mass is 439 g/mol. The van der Waals surface area contributed by atoms with Crippen LogP contribution in [-0.2, 0) is 0 Å². The molecule has 0 atom stereocenters. The lowest BCUT2D eigenvalue weighted by atomic mass is 10.2. The van der Waals surface area contributed by atoms with E-state index in [-0.39, 0.29) is 5.78 Å². The number of carbonyl (C=O) groups is 1. The van der Waals surface area contributed by atoms with Gasteiger partial charge in [0.25, 0.3) is 0 Å². The Morgan fingerprint density at radius 2 is 2.12 bits per heavy atom. The Hall–Kier alpha value is -0.510. The molecule has 2 heterocycles. The lowest BCUT2D eigenvalue weighted by molar-refractivity contribution is 0.101. The van der Waals surface area contributed by atoms with Gasteiger partial charge in [0, 0.05) is 11.8 Å². The SMILES string of the molecule is CC(=O)c1ccnc(-n2cnc(I)c2I)c1. The second-order valence-corrected chi connectivity index (χ2v) is 5.20. The summed E-state index contributed by atoms with van der Waals surface area (Å²) in [6.07, 6.45) is 3.34. The lowest BCUT2D eigenvalue weighted by Gasteiger charge is -2.04. The van der Waals surface area contributed by atoms with E-state index in [2.05, 4.69) is 55.1 Å². The van der Waals surface area contributed by atoms with Gasteiger partial charge in [-0.25, -0.2) is 9.97 Å². The number of nitrogens with zero attached hydrogens (tertiary/aromatic N) is 3. The van der Waals surface area contributed by atoms with Gasteiger partial charge in [-0.1, -0.05) is 0 Å². The molecule has 0 spiro atoms. The van der Waals surface area contributed by atoms with Crippen molar-refractivity contribution in [1.29, 1.82) is 0 Å². The van der Waals surface area contributed by atoms with Crippen molar-refractivity contribution in [2.75, 3.05) is 0 Å². The molecule has 16 heavy (non-hydrogen) atoms. The van der Waals surface area contributed by atoms with Crippen LogP contribution in [0.1, 0.15) is 17.3 Å². The predicted octanol–water partition coefficient (Wildman–Crippen LogP) is 2.68. The summed E-state index contributed by atoms with van der Waals surface area (Å²) in [6.45, 7) is 1.54. The van der Waals surface area contributed by atoms with Gasteiger partial charge >= 0.3 is 0 Å². The van der Waals surface area contributed by atoms with E-state index in [0.717, 1.165) is 7.40 Å².